The van der Waals surface area contributed by atoms with Crippen molar-refractivity contribution < 1.29 is 25.2 Å². The fourth-order valence-corrected chi connectivity index (χ4v) is 1.10. The van der Waals surface area contributed by atoms with E-state index >= 15 is 0 Å². The molecule has 0 amide bonds. The number of hydrogen-bond acceptors (Lipinski definition) is 5. The Labute approximate surface area is 69.2 Å². The van der Waals surface area contributed by atoms with Gasteiger partial charge < -0.3 is 25.8 Å². The number of rotatable bonds is 1. The molecule has 1 rings (SSSR count). The molecule has 0 bridgehead atoms. The monoisotopic (exact) mass is 178 g/mol. The van der Waals surface area contributed by atoms with Gasteiger partial charge in [0.05, 0.1) is 12.6 Å². The van der Waals surface area contributed by atoms with Gasteiger partial charge in [0.15, 0.2) is 0 Å². The molecule has 1 fully saturated rings. The average molecular weight is 178 g/mol. The smallest absolute Gasteiger partial charge is 0.209 e. The van der Waals surface area contributed by atoms with Crippen LogP contribution in [0.5, 0.6) is 0 Å². The molecule has 1 unspecified atom stereocenters. The Morgan fingerprint density at radius 3 is 2.42 bits per heavy atom. The second-order valence-electron chi connectivity index (χ2n) is 2.78. The van der Waals surface area contributed by atoms with E-state index in [1.54, 1.807) is 0 Å². The molecule has 0 spiro atoms. The number of nitrogens with two attached hydrogens (primary N) is 1. The molecule has 1 aliphatic heterocycles. The lowest BCUT2D eigenvalue weighted by Gasteiger charge is -2.37. The van der Waals surface area contributed by atoms with Crippen molar-refractivity contribution in [3.63, 3.8) is 0 Å². The molecule has 1 heterocycles. The van der Waals surface area contributed by atoms with Crippen LogP contribution in [0.2, 0.25) is 0 Å². The summed E-state index contributed by atoms with van der Waals surface area (Å²) in [6, 6.07) is -1.15. The van der Waals surface area contributed by atoms with Crippen molar-refractivity contribution in [3.8, 4) is 0 Å². The minimum absolute atomic E-state index is 0.510. The minimum atomic E-state index is -1.60. The predicted molar refractivity (Wildman–Crippen MR) is 36.4 cm³/mol. The summed E-state index contributed by atoms with van der Waals surface area (Å²) in [5, 5.41) is 37.8. The van der Waals surface area contributed by atoms with Crippen molar-refractivity contribution in [2.75, 3.05) is 6.61 Å². The molecule has 6 nitrogen and oxygen atoms in total. The molecule has 0 aliphatic carbocycles. The fourth-order valence-electron chi connectivity index (χ4n) is 1.10. The van der Waals surface area contributed by atoms with Gasteiger partial charge in [-0.3, -0.25) is 0 Å². The molecule has 0 saturated carbocycles. The Hall–Kier alpha value is -0.240. The summed E-state index contributed by atoms with van der Waals surface area (Å²) in [7, 11) is 0. The van der Waals surface area contributed by atoms with E-state index in [2.05, 4.69) is 4.74 Å². The third-order valence-corrected chi connectivity index (χ3v) is 1.93. The summed E-state index contributed by atoms with van der Waals surface area (Å²) >= 11 is 0. The van der Waals surface area contributed by atoms with Crippen LogP contribution in [0.3, 0.4) is 0 Å². The molecular formula is C6H12NO5. The topological polar surface area (TPSA) is 116 Å². The van der Waals surface area contributed by atoms with Gasteiger partial charge >= 0.3 is 0 Å². The van der Waals surface area contributed by atoms with Crippen LogP contribution in [-0.2, 0) is 9.84 Å². The van der Waals surface area contributed by atoms with Gasteiger partial charge in [-0.15, -0.1) is 0 Å². The van der Waals surface area contributed by atoms with Crippen molar-refractivity contribution >= 4 is 0 Å². The van der Waals surface area contributed by atoms with E-state index in [9.17, 15) is 10.2 Å². The number of aliphatic hydroxyl groups is 3. The molecule has 5 N–H and O–H groups in total. The van der Waals surface area contributed by atoms with Crippen molar-refractivity contribution in [2.45, 2.75) is 30.6 Å². The summed E-state index contributed by atoms with van der Waals surface area (Å²) in [6.45, 7) is -0.510. The molecule has 71 valence electrons. The molecule has 0 aromatic rings. The third kappa shape index (κ3) is 1.58. The van der Waals surface area contributed by atoms with Crippen LogP contribution < -0.4 is 5.73 Å². The van der Waals surface area contributed by atoms with Gasteiger partial charge in [0.2, 0.25) is 6.29 Å². The van der Waals surface area contributed by atoms with Crippen LogP contribution in [0, 0.1) is 0 Å². The first-order valence-electron chi connectivity index (χ1n) is 3.61. The number of aliphatic hydroxyl groups excluding tert-OH is 3. The molecule has 6 heteroatoms. The zero-order chi connectivity index (χ0) is 9.30. The first-order valence-corrected chi connectivity index (χ1v) is 3.61. The Kier molecular flexibility index (Phi) is 2.99. The van der Waals surface area contributed by atoms with Crippen molar-refractivity contribution in [3.05, 3.63) is 0 Å². The fraction of sp³-hybridized carbons (Fsp3) is 1.00. The third-order valence-electron chi connectivity index (χ3n) is 1.93. The quantitative estimate of drug-likeness (QED) is 0.345. The van der Waals surface area contributed by atoms with Crippen LogP contribution in [0.15, 0.2) is 0 Å². The van der Waals surface area contributed by atoms with E-state index < -0.39 is 37.3 Å². The lowest BCUT2D eigenvalue weighted by atomic mass is 9.98. The molecule has 1 radical (unpaired) electrons. The molecule has 12 heavy (non-hydrogen) atoms. The van der Waals surface area contributed by atoms with Gasteiger partial charge in [-0.2, -0.15) is 5.11 Å². The van der Waals surface area contributed by atoms with Crippen LogP contribution in [0.25, 0.3) is 0 Å². The van der Waals surface area contributed by atoms with E-state index in [0.29, 0.717) is 0 Å². The maximum absolute atomic E-state index is 10.9. The van der Waals surface area contributed by atoms with E-state index in [0.717, 1.165) is 0 Å². The van der Waals surface area contributed by atoms with E-state index in [4.69, 9.17) is 15.9 Å². The second-order valence-corrected chi connectivity index (χ2v) is 2.78. The number of ether oxygens (including phenoxy) is 1. The lowest BCUT2D eigenvalue weighted by Crippen LogP contribution is -2.61. The molecule has 1 aliphatic rings. The van der Waals surface area contributed by atoms with Crippen LogP contribution in [0.1, 0.15) is 0 Å². The van der Waals surface area contributed by atoms with Gasteiger partial charge in [-0.25, -0.2) is 0 Å². The highest BCUT2D eigenvalue weighted by Crippen LogP contribution is 2.18. The zero-order valence-electron chi connectivity index (χ0n) is 6.33. The molecule has 1 saturated heterocycles. The first-order chi connectivity index (χ1) is 5.57. The van der Waals surface area contributed by atoms with Crippen LogP contribution >= 0.6 is 0 Å². The van der Waals surface area contributed by atoms with E-state index in [1.807, 2.05) is 0 Å². The summed E-state index contributed by atoms with van der Waals surface area (Å²) in [5.41, 5.74) is 5.20. The molecule has 5 atom stereocenters. The Morgan fingerprint density at radius 2 is 1.92 bits per heavy atom. The van der Waals surface area contributed by atoms with Crippen molar-refractivity contribution in [1.29, 1.82) is 0 Å². The molecule has 0 aromatic heterocycles. The summed E-state index contributed by atoms with van der Waals surface area (Å²) in [6.07, 6.45) is -5.27. The normalized spacial score (nSPS) is 49.2. The first kappa shape index (κ1) is 9.85. The summed E-state index contributed by atoms with van der Waals surface area (Å²) in [5.74, 6) is 0. The van der Waals surface area contributed by atoms with Gasteiger partial charge in [0, 0.05) is 0 Å². The van der Waals surface area contributed by atoms with Crippen molar-refractivity contribution in [1.82, 2.24) is 0 Å². The lowest BCUT2D eigenvalue weighted by molar-refractivity contribution is -0.267. The highest BCUT2D eigenvalue weighted by Gasteiger charge is 2.42. The Morgan fingerprint density at radius 1 is 1.33 bits per heavy atom. The Bertz CT molecular complexity index is 150. The number of hydrogen-bond donors (Lipinski definition) is 4. The van der Waals surface area contributed by atoms with E-state index in [-0.39, 0.29) is 0 Å². The Balaban J connectivity index is 2.63. The maximum Gasteiger partial charge on any atom is 0.209 e. The maximum atomic E-state index is 10.9. The van der Waals surface area contributed by atoms with Gasteiger partial charge in [0.1, 0.15) is 18.3 Å². The van der Waals surface area contributed by atoms with Crippen LogP contribution in [-0.4, -0.2) is 52.6 Å². The predicted octanol–water partition coefficient (Wildman–Crippen LogP) is -2.82. The standard InChI is InChI=1S/C6H12NO5/c7-3-5(10)4(9)2(1-8)12-6(3)11/h2-6,8-10H,1,7H2/t2-,3+,4-,5-,6?/m1/s1. The van der Waals surface area contributed by atoms with Gasteiger partial charge in [-0.1, -0.05) is 0 Å². The van der Waals surface area contributed by atoms with E-state index in [1.165, 1.54) is 0 Å². The van der Waals surface area contributed by atoms with Gasteiger partial charge in [-0.05, 0) is 0 Å². The molecular weight excluding hydrogens is 166 g/mol. The largest absolute Gasteiger partial charge is 0.394 e. The molecule has 0 aromatic carbocycles. The highest BCUT2D eigenvalue weighted by molar-refractivity contribution is 4.90. The van der Waals surface area contributed by atoms with Crippen LogP contribution in [0.4, 0.5) is 0 Å². The highest BCUT2D eigenvalue weighted by atomic mass is 16.6. The zero-order valence-corrected chi connectivity index (χ0v) is 6.33. The minimum Gasteiger partial charge on any atom is -0.394 e. The second kappa shape index (κ2) is 3.65. The SMILES string of the molecule is N[C@@H]1C([O])O[C@H](CO)[C@@H](O)[C@@H]1O. The van der Waals surface area contributed by atoms with Crippen molar-refractivity contribution in [2.24, 2.45) is 5.73 Å². The van der Waals surface area contributed by atoms with Gasteiger partial charge in [0.25, 0.3) is 0 Å². The summed E-state index contributed by atoms with van der Waals surface area (Å²) < 4.78 is 4.59. The average Bonchev–Trinajstić information content (AvgIpc) is 2.08. The summed E-state index contributed by atoms with van der Waals surface area (Å²) in [4.78, 5) is 0.